The van der Waals surface area contributed by atoms with Crippen LogP contribution in [0.25, 0.3) is 6.08 Å². The number of benzene rings is 2. The molecule has 0 spiro atoms. The molecule has 0 aromatic heterocycles. The lowest BCUT2D eigenvalue weighted by Gasteiger charge is -2.20. The molecule has 3 amide bonds. The van der Waals surface area contributed by atoms with E-state index >= 15 is 0 Å². The number of carbonyl (C=O) groups excluding carboxylic acids is 2. The van der Waals surface area contributed by atoms with Gasteiger partial charge in [0.25, 0.3) is 0 Å². The Balaban J connectivity index is 1.55. The first-order valence-corrected chi connectivity index (χ1v) is 10.3. The molecule has 0 unspecified atom stereocenters. The number of amides is 3. The summed E-state index contributed by atoms with van der Waals surface area (Å²) in [5.74, 6) is -0.915. The van der Waals surface area contributed by atoms with Crippen LogP contribution in [0.2, 0.25) is 0 Å². The van der Waals surface area contributed by atoms with Crippen molar-refractivity contribution in [3.63, 3.8) is 0 Å². The van der Waals surface area contributed by atoms with Gasteiger partial charge < -0.3 is 20.3 Å². The third kappa shape index (κ3) is 7.33. The Labute approximate surface area is 184 Å². The number of anilines is 2. The van der Waals surface area contributed by atoms with E-state index in [1.165, 1.54) is 24.3 Å². The van der Waals surface area contributed by atoms with Gasteiger partial charge in [-0.3, -0.25) is 4.79 Å². The van der Waals surface area contributed by atoms with Crippen molar-refractivity contribution in [2.45, 2.75) is 32.0 Å². The summed E-state index contributed by atoms with van der Waals surface area (Å²) in [6.07, 6.45) is 1.80. The highest BCUT2D eigenvalue weighted by Gasteiger charge is 2.31. The number of para-hydroxylation sites is 1. The maximum atomic E-state index is 12.5. The summed E-state index contributed by atoms with van der Waals surface area (Å²) in [7, 11) is 0. The van der Waals surface area contributed by atoms with Gasteiger partial charge in [-0.2, -0.15) is 0 Å². The quantitative estimate of drug-likeness (QED) is 0.583. The third-order valence-electron chi connectivity index (χ3n) is 4.86. The summed E-state index contributed by atoms with van der Waals surface area (Å²) in [6.45, 7) is 1.48. The number of nitrogens with zero attached hydrogens (tertiary/aromatic N) is 1. The molecule has 0 radical (unpaired) electrons. The van der Waals surface area contributed by atoms with Gasteiger partial charge >= 0.3 is 12.4 Å². The summed E-state index contributed by atoms with van der Waals surface area (Å²) < 4.78 is 41.4. The SMILES string of the molecule is O=C(/C=C/c1ccccc1OC(F)(F)F)Nc1ccc(NC(=O)N2CCCCCC2)cc1. The number of ether oxygens (including phenoxy) is 1. The molecule has 170 valence electrons. The normalized spacial score (nSPS) is 14.7. The zero-order chi connectivity index (χ0) is 23.0. The first kappa shape index (κ1) is 23.2. The van der Waals surface area contributed by atoms with E-state index < -0.39 is 18.0 Å². The van der Waals surface area contributed by atoms with Gasteiger partial charge in [0, 0.05) is 36.1 Å². The first-order chi connectivity index (χ1) is 15.3. The molecule has 0 atom stereocenters. The average molecular weight is 447 g/mol. The number of hydrogen-bond donors (Lipinski definition) is 2. The lowest BCUT2D eigenvalue weighted by molar-refractivity contribution is -0.274. The number of urea groups is 1. The van der Waals surface area contributed by atoms with Crippen LogP contribution in [0.3, 0.4) is 0 Å². The van der Waals surface area contributed by atoms with Crippen molar-refractivity contribution < 1.29 is 27.5 Å². The lowest BCUT2D eigenvalue weighted by atomic mass is 10.2. The molecule has 2 aromatic carbocycles. The highest BCUT2D eigenvalue weighted by molar-refractivity contribution is 6.02. The fourth-order valence-electron chi connectivity index (χ4n) is 3.30. The van der Waals surface area contributed by atoms with Gasteiger partial charge in [-0.05, 0) is 49.2 Å². The monoisotopic (exact) mass is 447 g/mol. The van der Waals surface area contributed by atoms with Gasteiger partial charge in [-0.25, -0.2) is 4.79 Å². The molecular formula is C23H24F3N3O3. The number of hydrogen-bond acceptors (Lipinski definition) is 3. The molecule has 1 fully saturated rings. The van der Waals surface area contributed by atoms with Crippen LogP contribution >= 0.6 is 0 Å². The van der Waals surface area contributed by atoms with Crippen LogP contribution < -0.4 is 15.4 Å². The molecular weight excluding hydrogens is 423 g/mol. The van der Waals surface area contributed by atoms with Gasteiger partial charge in [0.15, 0.2) is 0 Å². The van der Waals surface area contributed by atoms with Crippen LogP contribution in [0.1, 0.15) is 31.2 Å². The van der Waals surface area contributed by atoms with Gasteiger partial charge in [-0.1, -0.05) is 31.0 Å². The lowest BCUT2D eigenvalue weighted by Crippen LogP contribution is -2.35. The van der Waals surface area contributed by atoms with Gasteiger partial charge in [-0.15, -0.1) is 13.2 Å². The number of rotatable bonds is 5. The van der Waals surface area contributed by atoms with E-state index in [-0.39, 0.29) is 11.6 Å². The standard InChI is InChI=1S/C23H24F3N3O3/c24-23(25,26)32-20-8-4-3-7-17(20)9-14-21(30)27-18-10-12-19(13-11-18)28-22(31)29-15-5-1-2-6-16-29/h3-4,7-14H,1-2,5-6,15-16H2,(H,27,30)(H,28,31)/b14-9+. The second-order valence-corrected chi connectivity index (χ2v) is 7.32. The molecule has 3 rings (SSSR count). The van der Waals surface area contributed by atoms with E-state index in [9.17, 15) is 22.8 Å². The number of nitrogens with one attached hydrogen (secondary N) is 2. The molecule has 1 aliphatic rings. The maximum Gasteiger partial charge on any atom is 0.573 e. The second-order valence-electron chi connectivity index (χ2n) is 7.32. The highest BCUT2D eigenvalue weighted by atomic mass is 19.4. The second kappa shape index (κ2) is 10.7. The Bertz CT molecular complexity index is 951. The van der Waals surface area contributed by atoms with Crippen LogP contribution in [0, 0.1) is 0 Å². The Morgan fingerprint density at radius 3 is 2.09 bits per heavy atom. The van der Waals surface area contributed by atoms with E-state index in [0.29, 0.717) is 11.4 Å². The Morgan fingerprint density at radius 2 is 1.47 bits per heavy atom. The molecule has 0 aliphatic carbocycles. The van der Waals surface area contributed by atoms with Crippen molar-refractivity contribution >= 4 is 29.4 Å². The molecule has 9 heteroatoms. The predicted molar refractivity (Wildman–Crippen MR) is 116 cm³/mol. The summed E-state index contributed by atoms with van der Waals surface area (Å²) in [5.41, 5.74) is 1.20. The van der Waals surface area contributed by atoms with Crippen molar-refractivity contribution in [1.82, 2.24) is 4.90 Å². The van der Waals surface area contributed by atoms with E-state index in [4.69, 9.17) is 0 Å². The zero-order valence-corrected chi connectivity index (χ0v) is 17.3. The van der Waals surface area contributed by atoms with Crippen LogP contribution in [0.15, 0.2) is 54.6 Å². The van der Waals surface area contributed by atoms with Crippen molar-refractivity contribution in [3.8, 4) is 5.75 Å². The fraction of sp³-hybridized carbons (Fsp3) is 0.304. The van der Waals surface area contributed by atoms with Crippen molar-refractivity contribution in [3.05, 3.63) is 60.2 Å². The summed E-state index contributed by atoms with van der Waals surface area (Å²) in [5, 5.41) is 5.47. The number of halogens is 3. The maximum absolute atomic E-state index is 12.5. The zero-order valence-electron chi connectivity index (χ0n) is 17.3. The summed E-state index contributed by atoms with van der Waals surface area (Å²) >= 11 is 0. The van der Waals surface area contributed by atoms with E-state index in [2.05, 4.69) is 15.4 Å². The van der Waals surface area contributed by atoms with E-state index in [1.807, 2.05) is 0 Å². The Morgan fingerprint density at radius 1 is 0.875 bits per heavy atom. The molecule has 32 heavy (non-hydrogen) atoms. The minimum Gasteiger partial charge on any atom is -0.405 e. The topological polar surface area (TPSA) is 70.7 Å². The number of alkyl halides is 3. The molecule has 2 N–H and O–H groups in total. The molecule has 1 heterocycles. The molecule has 1 aliphatic heterocycles. The number of carbonyl (C=O) groups is 2. The Hall–Kier alpha value is -3.49. The van der Waals surface area contributed by atoms with Crippen LogP contribution in [0.4, 0.5) is 29.3 Å². The largest absolute Gasteiger partial charge is 0.573 e. The minimum atomic E-state index is -4.82. The Kier molecular flexibility index (Phi) is 7.75. The molecule has 0 bridgehead atoms. The van der Waals surface area contributed by atoms with Crippen LogP contribution in [-0.2, 0) is 4.79 Å². The predicted octanol–water partition coefficient (Wildman–Crippen LogP) is 5.65. The smallest absolute Gasteiger partial charge is 0.405 e. The fourth-order valence-corrected chi connectivity index (χ4v) is 3.30. The summed E-state index contributed by atoms with van der Waals surface area (Å²) in [4.78, 5) is 26.3. The van der Waals surface area contributed by atoms with E-state index in [0.717, 1.165) is 44.8 Å². The molecule has 0 saturated carbocycles. The minimum absolute atomic E-state index is 0.117. The summed E-state index contributed by atoms with van der Waals surface area (Å²) in [6, 6.07) is 12.0. The van der Waals surface area contributed by atoms with Gasteiger partial charge in [0.05, 0.1) is 0 Å². The van der Waals surface area contributed by atoms with Crippen LogP contribution in [-0.4, -0.2) is 36.3 Å². The van der Waals surface area contributed by atoms with Crippen molar-refractivity contribution in [2.24, 2.45) is 0 Å². The first-order valence-electron chi connectivity index (χ1n) is 10.3. The van der Waals surface area contributed by atoms with Gasteiger partial charge in [0.2, 0.25) is 5.91 Å². The van der Waals surface area contributed by atoms with Crippen molar-refractivity contribution in [1.29, 1.82) is 0 Å². The average Bonchev–Trinajstić information content (AvgIpc) is 3.03. The third-order valence-corrected chi connectivity index (χ3v) is 4.86. The molecule has 2 aromatic rings. The molecule has 1 saturated heterocycles. The highest BCUT2D eigenvalue weighted by Crippen LogP contribution is 2.27. The van der Waals surface area contributed by atoms with Crippen molar-refractivity contribution in [2.75, 3.05) is 23.7 Å². The number of likely N-dealkylation sites (tertiary alicyclic amines) is 1. The van der Waals surface area contributed by atoms with Crippen LogP contribution in [0.5, 0.6) is 5.75 Å². The van der Waals surface area contributed by atoms with Gasteiger partial charge in [0.1, 0.15) is 5.75 Å². The van der Waals surface area contributed by atoms with E-state index in [1.54, 1.807) is 35.2 Å². The molecule has 6 nitrogen and oxygen atoms in total.